The molecule has 0 saturated heterocycles. The Hall–Kier alpha value is -0.0400. The maximum atomic E-state index is 2.93. The van der Waals surface area contributed by atoms with Crippen LogP contribution in [-0.4, -0.2) is 13.6 Å². The van der Waals surface area contributed by atoms with E-state index >= 15 is 0 Å². The maximum absolute atomic E-state index is 2.93. The average molecular weight is 179 g/mol. The summed E-state index contributed by atoms with van der Waals surface area (Å²) in [4.78, 5) is 0. The molecule has 0 amide bonds. The van der Waals surface area contributed by atoms with Gasteiger partial charge in [0.05, 0.1) is 0 Å². The predicted molar refractivity (Wildman–Crippen MR) is 65.0 cm³/mol. The van der Waals surface area contributed by atoms with Gasteiger partial charge in [0.2, 0.25) is 0 Å². The number of hydrogen-bond acceptors (Lipinski definition) is 1. The lowest BCUT2D eigenvalue weighted by Gasteiger charge is -1.76. The number of rotatable bonds is 1. The minimum absolute atomic E-state index is 1.07. The third kappa shape index (κ3) is 868. The van der Waals surface area contributed by atoms with Crippen molar-refractivity contribution in [3.05, 3.63) is 0 Å². The van der Waals surface area contributed by atoms with Crippen LogP contribution in [0.25, 0.3) is 0 Å². The zero-order valence-corrected chi connectivity index (χ0v) is 11.2. The maximum Gasteiger partial charge on any atom is -0.00804 e. The van der Waals surface area contributed by atoms with Crippen molar-refractivity contribution < 1.29 is 0 Å². The largest absolute Gasteiger partial charge is 0.320 e. The third-order valence-electron chi connectivity index (χ3n) is 0.354. The van der Waals surface area contributed by atoms with Crippen molar-refractivity contribution >= 4 is 0 Å². The Morgan fingerprint density at radius 3 is 0.750 bits per heavy atom. The standard InChI is InChI=1S/C3H9N.4C2H6/c1-3-4-2;4*1-2/h4H,3H2,1-2H3;4*1-2H3. The van der Waals surface area contributed by atoms with E-state index in [2.05, 4.69) is 12.2 Å². The lowest BCUT2D eigenvalue weighted by atomic mass is 10.8. The fraction of sp³-hybridized carbons (Fsp3) is 1.00. The Kier molecular flexibility index (Phi) is 699. The lowest BCUT2D eigenvalue weighted by molar-refractivity contribution is 0.864. The van der Waals surface area contributed by atoms with Gasteiger partial charge in [-0.05, 0) is 13.6 Å². The van der Waals surface area contributed by atoms with E-state index in [9.17, 15) is 0 Å². The van der Waals surface area contributed by atoms with Crippen LogP contribution in [0.1, 0.15) is 62.3 Å². The van der Waals surface area contributed by atoms with Crippen LogP contribution >= 0.6 is 0 Å². The van der Waals surface area contributed by atoms with Crippen LogP contribution < -0.4 is 5.32 Å². The predicted octanol–water partition coefficient (Wildman–Crippen LogP) is 4.33. The highest BCUT2D eigenvalue weighted by molar-refractivity contribution is 4.15. The zero-order chi connectivity index (χ0) is 11.4. The van der Waals surface area contributed by atoms with Crippen LogP contribution in [-0.2, 0) is 0 Å². The smallest absolute Gasteiger partial charge is 0.00804 e. The molecule has 0 fully saturated rings. The SMILES string of the molecule is CC.CC.CC.CC.CCNC. The van der Waals surface area contributed by atoms with Gasteiger partial charge < -0.3 is 5.32 Å². The van der Waals surface area contributed by atoms with Crippen LogP contribution in [0, 0.1) is 0 Å². The molecule has 1 N–H and O–H groups in total. The van der Waals surface area contributed by atoms with Crippen LogP contribution in [0.5, 0.6) is 0 Å². The van der Waals surface area contributed by atoms with Crippen molar-refractivity contribution in [2.24, 2.45) is 0 Å². The van der Waals surface area contributed by atoms with Gasteiger partial charge >= 0.3 is 0 Å². The van der Waals surface area contributed by atoms with E-state index in [4.69, 9.17) is 0 Å². The fourth-order valence-electron chi connectivity index (χ4n) is 0. The van der Waals surface area contributed by atoms with Gasteiger partial charge in [-0.1, -0.05) is 62.3 Å². The summed E-state index contributed by atoms with van der Waals surface area (Å²) in [5.74, 6) is 0. The highest BCUT2D eigenvalue weighted by atomic mass is 14.8. The second-order valence-corrected chi connectivity index (χ2v) is 0.707. The van der Waals surface area contributed by atoms with Crippen LogP contribution in [0.3, 0.4) is 0 Å². The summed E-state index contributed by atoms with van der Waals surface area (Å²) in [5, 5.41) is 2.93. The first-order valence-corrected chi connectivity index (χ1v) is 5.56. The minimum Gasteiger partial charge on any atom is -0.320 e. The molecule has 0 aliphatic carbocycles. The molecule has 0 unspecified atom stereocenters. The van der Waals surface area contributed by atoms with E-state index in [-0.39, 0.29) is 0 Å². The molecule has 0 aliphatic rings. The summed E-state index contributed by atoms with van der Waals surface area (Å²) in [6, 6.07) is 0. The first-order chi connectivity index (χ1) is 5.91. The summed E-state index contributed by atoms with van der Waals surface area (Å²) in [6.07, 6.45) is 0. The van der Waals surface area contributed by atoms with Crippen molar-refractivity contribution in [3.8, 4) is 0 Å². The van der Waals surface area contributed by atoms with Crippen molar-refractivity contribution in [1.29, 1.82) is 0 Å². The van der Waals surface area contributed by atoms with Crippen molar-refractivity contribution in [2.75, 3.05) is 13.6 Å². The molecule has 0 bridgehead atoms. The van der Waals surface area contributed by atoms with Crippen molar-refractivity contribution in [1.82, 2.24) is 5.32 Å². The van der Waals surface area contributed by atoms with Gasteiger partial charge in [-0.3, -0.25) is 0 Å². The third-order valence-corrected chi connectivity index (χ3v) is 0.354. The van der Waals surface area contributed by atoms with E-state index in [1.165, 1.54) is 0 Å². The normalized spacial score (nSPS) is 4.50. The topological polar surface area (TPSA) is 12.0 Å². The second-order valence-electron chi connectivity index (χ2n) is 0.707. The van der Waals surface area contributed by atoms with Crippen LogP contribution in [0.15, 0.2) is 0 Å². The van der Waals surface area contributed by atoms with Crippen LogP contribution in [0.2, 0.25) is 0 Å². The molecule has 0 aromatic carbocycles. The second kappa shape index (κ2) is 283. The Balaban J connectivity index is -0.0000000181. The summed E-state index contributed by atoms with van der Waals surface area (Å²) in [7, 11) is 1.93. The molecule has 0 rings (SSSR count). The Morgan fingerprint density at radius 2 is 0.750 bits per heavy atom. The summed E-state index contributed by atoms with van der Waals surface area (Å²) in [5.41, 5.74) is 0. The molecule has 0 aromatic heterocycles. The monoisotopic (exact) mass is 179 g/mol. The molecular formula is C11H33N. The van der Waals surface area contributed by atoms with Crippen molar-refractivity contribution in [3.63, 3.8) is 0 Å². The van der Waals surface area contributed by atoms with E-state index < -0.39 is 0 Å². The van der Waals surface area contributed by atoms with Gasteiger partial charge in [0, 0.05) is 0 Å². The molecule has 0 atom stereocenters. The van der Waals surface area contributed by atoms with Crippen LogP contribution in [0.4, 0.5) is 0 Å². The highest BCUT2D eigenvalue weighted by Crippen LogP contribution is 1.34. The van der Waals surface area contributed by atoms with Gasteiger partial charge in [-0.25, -0.2) is 0 Å². The molecule has 12 heavy (non-hydrogen) atoms. The first-order valence-electron chi connectivity index (χ1n) is 5.56. The Bertz CT molecular complexity index is 6.97. The van der Waals surface area contributed by atoms with E-state index in [1.807, 2.05) is 62.4 Å². The van der Waals surface area contributed by atoms with Gasteiger partial charge in [0.1, 0.15) is 0 Å². The molecule has 0 heterocycles. The molecule has 82 valence electrons. The molecule has 0 spiro atoms. The van der Waals surface area contributed by atoms with Gasteiger partial charge in [-0.15, -0.1) is 0 Å². The molecule has 1 heteroatoms. The molecule has 0 aromatic rings. The molecule has 0 saturated carbocycles. The fourth-order valence-corrected chi connectivity index (χ4v) is 0. The summed E-state index contributed by atoms with van der Waals surface area (Å²) < 4.78 is 0. The van der Waals surface area contributed by atoms with E-state index in [0.29, 0.717) is 0 Å². The summed E-state index contributed by atoms with van der Waals surface area (Å²) in [6.45, 7) is 19.1. The van der Waals surface area contributed by atoms with E-state index in [0.717, 1.165) is 6.54 Å². The number of hydrogen-bond donors (Lipinski definition) is 1. The van der Waals surface area contributed by atoms with Gasteiger partial charge in [-0.2, -0.15) is 0 Å². The quantitative estimate of drug-likeness (QED) is 0.632. The first kappa shape index (κ1) is 29.7. The van der Waals surface area contributed by atoms with Crippen molar-refractivity contribution in [2.45, 2.75) is 62.3 Å². The molecule has 1 nitrogen and oxygen atoms in total. The lowest BCUT2D eigenvalue weighted by Crippen LogP contribution is -2.01. The molecule has 0 aliphatic heterocycles. The molecular weight excluding hydrogens is 146 g/mol. The molecule has 0 radical (unpaired) electrons. The van der Waals surface area contributed by atoms with Gasteiger partial charge in [0.25, 0.3) is 0 Å². The Morgan fingerprint density at radius 1 is 0.667 bits per heavy atom. The van der Waals surface area contributed by atoms with E-state index in [1.54, 1.807) is 0 Å². The minimum atomic E-state index is 1.07. The average Bonchev–Trinajstić information content (AvgIpc) is 2.29. The number of nitrogens with one attached hydrogen (secondary N) is 1. The van der Waals surface area contributed by atoms with Gasteiger partial charge in [0.15, 0.2) is 0 Å². The zero-order valence-electron chi connectivity index (χ0n) is 11.2. The highest BCUT2D eigenvalue weighted by Gasteiger charge is 1.50. The Labute approximate surface area is 82.0 Å². The summed E-state index contributed by atoms with van der Waals surface area (Å²) >= 11 is 0.